The summed E-state index contributed by atoms with van der Waals surface area (Å²) in [6, 6.07) is 4.80. The van der Waals surface area contributed by atoms with Crippen LogP contribution in [0.25, 0.3) is 10.7 Å². The maximum atomic E-state index is 14.7. The Bertz CT molecular complexity index is 1160. The van der Waals surface area contributed by atoms with Gasteiger partial charge in [-0.05, 0) is 58.2 Å². The van der Waals surface area contributed by atoms with Crippen LogP contribution in [0, 0.1) is 5.82 Å². The summed E-state index contributed by atoms with van der Waals surface area (Å²) >= 11 is 1.31. The quantitative estimate of drug-likeness (QED) is 0.539. The Labute approximate surface area is 195 Å². The zero-order valence-corrected chi connectivity index (χ0v) is 19.6. The number of aliphatic hydroxyl groups is 1. The predicted molar refractivity (Wildman–Crippen MR) is 122 cm³/mol. The standard InChI is InChI=1S/C23H26FN5O3S/c1-22(2,3)32-21(31)27-19-14(10-17(28-29-19)20-26-12-15(13-30)33-20)11-23(7-5-8-23)18-16(24)6-4-9-25-18/h4,6,9-10,12,30H,5,7-8,11,13H2,1-3H3,(H,27,29,31). The number of carbonyl (C=O) groups excluding carboxylic acids is 1. The van der Waals surface area contributed by atoms with Gasteiger partial charge in [0.05, 0.1) is 17.2 Å². The summed E-state index contributed by atoms with van der Waals surface area (Å²) < 4.78 is 20.1. The third-order valence-corrected chi connectivity index (χ3v) is 6.53. The second-order valence-corrected chi connectivity index (χ2v) is 10.3. The fourth-order valence-corrected chi connectivity index (χ4v) is 4.64. The lowest BCUT2D eigenvalue weighted by Crippen LogP contribution is -2.39. The zero-order chi connectivity index (χ0) is 23.6. The van der Waals surface area contributed by atoms with E-state index in [1.807, 2.05) is 0 Å². The number of aromatic nitrogens is 4. The van der Waals surface area contributed by atoms with Gasteiger partial charge in [0.15, 0.2) is 5.82 Å². The normalized spacial score (nSPS) is 15.1. The maximum absolute atomic E-state index is 14.7. The Kier molecular flexibility index (Phi) is 6.40. The van der Waals surface area contributed by atoms with E-state index in [1.165, 1.54) is 17.4 Å². The van der Waals surface area contributed by atoms with Gasteiger partial charge in [-0.2, -0.15) is 0 Å². The number of amides is 1. The highest BCUT2D eigenvalue weighted by Gasteiger charge is 2.42. The zero-order valence-electron chi connectivity index (χ0n) is 18.8. The van der Waals surface area contributed by atoms with Crippen LogP contribution < -0.4 is 5.32 Å². The highest BCUT2D eigenvalue weighted by molar-refractivity contribution is 7.14. The molecule has 1 saturated carbocycles. The first kappa shape index (κ1) is 23.2. The molecule has 33 heavy (non-hydrogen) atoms. The summed E-state index contributed by atoms with van der Waals surface area (Å²) in [6.07, 6.45) is 5.47. The molecule has 3 heterocycles. The molecule has 8 nitrogen and oxygen atoms in total. The fourth-order valence-electron chi connectivity index (χ4n) is 3.92. The van der Waals surface area contributed by atoms with Gasteiger partial charge < -0.3 is 9.84 Å². The summed E-state index contributed by atoms with van der Waals surface area (Å²) in [4.78, 5) is 21.8. The molecular formula is C23H26FN5O3S. The van der Waals surface area contributed by atoms with Crippen LogP contribution >= 0.6 is 11.3 Å². The van der Waals surface area contributed by atoms with Crippen LogP contribution in [-0.2, 0) is 23.2 Å². The van der Waals surface area contributed by atoms with E-state index in [2.05, 4.69) is 25.5 Å². The SMILES string of the molecule is CC(C)(C)OC(=O)Nc1nnc(-c2ncc(CO)s2)cc1CC1(c2ncccc2F)CCC1. The summed E-state index contributed by atoms with van der Waals surface area (Å²) in [6.45, 7) is 5.21. The Morgan fingerprint density at radius 2 is 2.09 bits per heavy atom. The third kappa shape index (κ3) is 5.17. The first-order valence-electron chi connectivity index (χ1n) is 10.7. The number of halogens is 1. The van der Waals surface area contributed by atoms with Gasteiger partial charge in [0.2, 0.25) is 0 Å². The third-order valence-electron chi connectivity index (χ3n) is 5.52. The Morgan fingerprint density at radius 3 is 2.70 bits per heavy atom. The molecule has 0 unspecified atom stereocenters. The molecule has 3 aromatic heterocycles. The van der Waals surface area contributed by atoms with Gasteiger partial charge in [0, 0.05) is 23.4 Å². The van der Waals surface area contributed by atoms with Crippen LogP contribution in [0.4, 0.5) is 15.0 Å². The molecule has 2 N–H and O–H groups in total. The molecule has 1 amide bonds. The van der Waals surface area contributed by atoms with Gasteiger partial charge in [0.1, 0.15) is 22.1 Å². The van der Waals surface area contributed by atoms with E-state index in [4.69, 9.17) is 4.74 Å². The monoisotopic (exact) mass is 471 g/mol. The van der Waals surface area contributed by atoms with Crippen molar-refractivity contribution in [1.29, 1.82) is 0 Å². The van der Waals surface area contributed by atoms with E-state index in [0.29, 0.717) is 33.3 Å². The lowest BCUT2D eigenvalue weighted by Gasteiger charge is -2.42. The summed E-state index contributed by atoms with van der Waals surface area (Å²) in [7, 11) is 0. The van der Waals surface area contributed by atoms with Crippen molar-refractivity contribution in [1.82, 2.24) is 20.2 Å². The minimum Gasteiger partial charge on any atom is -0.444 e. The molecule has 3 aromatic rings. The van der Waals surface area contributed by atoms with Crippen LogP contribution in [0.1, 0.15) is 56.2 Å². The van der Waals surface area contributed by atoms with Gasteiger partial charge in [0.25, 0.3) is 0 Å². The molecule has 4 rings (SSSR count). The number of pyridine rings is 1. The Hall–Kier alpha value is -2.98. The number of nitrogens with zero attached hydrogens (tertiary/aromatic N) is 4. The van der Waals surface area contributed by atoms with Crippen molar-refractivity contribution in [3.8, 4) is 10.7 Å². The highest BCUT2D eigenvalue weighted by atomic mass is 32.1. The topological polar surface area (TPSA) is 110 Å². The van der Waals surface area contributed by atoms with E-state index >= 15 is 0 Å². The van der Waals surface area contributed by atoms with Crippen LogP contribution in [0.2, 0.25) is 0 Å². The molecule has 0 bridgehead atoms. The van der Waals surface area contributed by atoms with Crippen molar-refractivity contribution < 1.29 is 19.0 Å². The summed E-state index contributed by atoms with van der Waals surface area (Å²) in [5.74, 6) is -0.0804. The first-order valence-corrected chi connectivity index (χ1v) is 11.5. The van der Waals surface area contributed by atoms with Gasteiger partial charge in [-0.15, -0.1) is 21.5 Å². The first-order chi connectivity index (χ1) is 15.7. The molecule has 10 heteroatoms. The fraction of sp³-hybridized carbons (Fsp3) is 0.435. The maximum Gasteiger partial charge on any atom is 0.413 e. The van der Waals surface area contributed by atoms with E-state index in [0.717, 1.165) is 19.3 Å². The average molecular weight is 472 g/mol. The molecular weight excluding hydrogens is 445 g/mol. The number of hydrogen-bond donors (Lipinski definition) is 2. The van der Waals surface area contributed by atoms with Crippen molar-refractivity contribution in [2.24, 2.45) is 0 Å². The molecule has 0 aliphatic heterocycles. The highest BCUT2D eigenvalue weighted by Crippen LogP contribution is 2.47. The number of nitrogens with one attached hydrogen (secondary N) is 1. The number of aliphatic hydroxyl groups excluding tert-OH is 1. The molecule has 0 spiro atoms. The number of carbonyl (C=O) groups is 1. The number of rotatable bonds is 6. The molecule has 0 aromatic carbocycles. The summed E-state index contributed by atoms with van der Waals surface area (Å²) in [5.41, 5.74) is 0.465. The largest absolute Gasteiger partial charge is 0.444 e. The van der Waals surface area contributed by atoms with E-state index in [9.17, 15) is 14.3 Å². The van der Waals surface area contributed by atoms with Crippen molar-refractivity contribution in [2.75, 3.05) is 5.32 Å². The van der Waals surface area contributed by atoms with Crippen LogP contribution in [0.3, 0.4) is 0 Å². The molecule has 1 fully saturated rings. The minimum atomic E-state index is -0.675. The number of ether oxygens (including phenoxy) is 1. The Balaban J connectivity index is 1.71. The van der Waals surface area contributed by atoms with E-state index in [1.54, 1.807) is 45.3 Å². The lowest BCUT2D eigenvalue weighted by atomic mass is 9.63. The van der Waals surface area contributed by atoms with Gasteiger partial charge in [-0.1, -0.05) is 6.42 Å². The Morgan fingerprint density at radius 1 is 1.30 bits per heavy atom. The number of anilines is 1. The predicted octanol–water partition coefficient (Wildman–Crippen LogP) is 4.64. The second kappa shape index (κ2) is 9.11. The van der Waals surface area contributed by atoms with Crippen molar-refractivity contribution >= 4 is 23.2 Å². The number of hydrogen-bond acceptors (Lipinski definition) is 8. The van der Waals surface area contributed by atoms with Crippen molar-refractivity contribution in [2.45, 2.75) is 64.1 Å². The van der Waals surface area contributed by atoms with Crippen molar-refractivity contribution in [3.63, 3.8) is 0 Å². The molecule has 0 radical (unpaired) electrons. The average Bonchev–Trinajstić information content (AvgIpc) is 3.20. The van der Waals surface area contributed by atoms with Crippen molar-refractivity contribution in [3.05, 3.63) is 52.5 Å². The van der Waals surface area contributed by atoms with E-state index < -0.39 is 17.1 Å². The van der Waals surface area contributed by atoms with E-state index in [-0.39, 0.29) is 18.2 Å². The minimum absolute atomic E-state index is 0.113. The molecule has 0 atom stereocenters. The smallest absolute Gasteiger partial charge is 0.413 e. The van der Waals surface area contributed by atoms with Crippen LogP contribution in [-0.4, -0.2) is 37.0 Å². The lowest BCUT2D eigenvalue weighted by molar-refractivity contribution is 0.0634. The van der Waals surface area contributed by atoms with Gasteiger partial charge in [-0.3, -0.25) is 10.3 Å². The molecule has 1 aliphatic carbocycles. The summed E-state index contributed by atoms with van der Waals surface area (Å²) in [5, 5.41) is 21.1. The van der Waals surface area contributed by atoms with Crippen LogP contribution in [0.5, 0.6) is 0 Å². The molecule has 0 saturated heterocycles. The molecule has 174 valence electrons. The molecule has 1 aliphatic rings. The second-order valence-electron chi connectivity index (χ2n) is 9.16. The van der Waals surface area contributed by atoms with Gasteiger partial charge >= 0.3 is 6.09 Å². The van der Waals surface area contributed by atoms with Gasteiger partial charge in [-0.25, -0.2) is 14.2 Å². The number of thiazole rings is 1. The van der Waals surface area contributed by atoms with Crippen LogP contribution in [0.15, 0.2) is 30.6 Å².